The Labute approximate surface area is 124 Å². The normalized spacial score (nSPS) is 18.0. The molecule has 0 unspecified atom stereocenters. The molecule has 1 aromatic heterocycles. The summed E-state index contributed by atoms with van der Waals surface area (Å²) >= 11 is 0. The third-order valence-corrected chi connectivity index (χ3v) is 4.76. The Balaban J connectivity index is 2.31. The lowest BCUT2D eigenvalue weighted by atomic mass is 9.82. The van der Waals surface area contributed by atoms with Gasteiger partial charge in [0.2, 0.25) is 0 Å². The van der Waals surface area contributed by atoms with Crippen LogP contribution in [0, 0.1) is 0 Å². The SMILES string of the molecule is CCc1nc2cccc(C(=O)O)c2n1C1(C)CCCCC1. The number of carboxylic acids is 1. The molecule has 0 spiro atoms. The van der Waals surface area contributed by atoms with Crippen LogP contribution in [0.25, 0.3) is 11.0 Å². The van der Waals surface area contributed by atoms with Crippen molar-refractivity contribution in [3.8, 4) is 0 Å². The fourth-order valence-electron chi connectivity index (χ4n) is 3.70. The van der Waals surface area contributed by atoms with E-state index in [0.717, 1.165) is 36.1 Å². The molecule has 0 radical (unpaired) electrons. The van der Waals surface area contributed by atoms with E-state index in [4.69, 9.17) is 4.98 Å². The van der Waals surface area contributed by atoms with Crippen molar-refractivity contribution in [3.05, 3.63) is 29.6 Å². The first kappa shape index (κ1) is 14.1. The van der Waals surface area contributed by atoms with Gasteiger partial charge in [0, 0.05) is 12.0 Å². The number of hydrogen-bond acceptors (Lipinski definition) is 2. The van der Waals surface area contributed by atoms with Gasteiger partial charge in [-0.25, -0.2) is 9.78 Å². The van der Waals surface area contributed by atoms with Gasteiger partial charge in [0.15, 0.2) is 0 Å². The smallest absolute Gasteiger partial charge is 0.337 e. The lowest BCUT2D eigenvalue weighted by Gasteiger charge is -2.37. The maximum absolute atomic E-state index is 11.6. The van der Waals surface area contributed by atoms with E-state index in [9.17, 15) is 9.90 Å². The molecule has 0 saturated heterocycles. The number of fused-ring (bicyclic) bond motifs is 1. The molecule has 3 rings (SSSR count). The van der Waals surface area contributed by atoms with Crippen LogP contribution in [0.4, 0.5) is 0 Å². The van der Waals surface area contributed by atoms with Crippen molar-refractivity contribution in [2.45, 2.75) is 57.9 Å². The molecule has 1 aliphatic carbocycles. The lowest BCUT2D eigenvalue weighted by molar-refractivity contribution is 0.0698. The number of carbonyl (C=O) groups is 1. The van der Waals surface area contributed by atoms with Gasteiger partial charge in [-0.2, -0.15) is 0 Å². The third-order valence-electron chi connectivity index (χ3n) is 4.76. The summed E-state index contributed by atoms with van der Waals surface area (Å²) in [5.41, 5.74) is 1.96. The average Bonchev–Trinajstić information content (AvgIpc) is 2.86. The maximum atomic E-state index is 11.6. The minimum Gasteiger partial charge on any atom is -0.478 e. The molecular formula is C17H22N2O2. The molecule has 0 aliphatic heterocycles. The topological polar surface area (TPSA) is 55.1 Å². The second kappa shape index (κ2) is 5.17. The molecule has 1 saturated carbocycles. The van der Waals surface area contributed by atoms with Crippen LogP contribution in [0.3, 0.4) is 0 Å². The summed E-state index contributed by atoms with van der Waals surface area (Å²) in [5, 5.41) is 9.53. The van der Waals surface area contributed by atoms with E-state index in [1.165, 1.54) is 19.3 Å². The molecule has 1 heterocycles. The molecule has 21 heavy (non-hydrogen) atoms. The van der Waals surface area contributed by atoms with Gasteiger partial charge >= 0.3 is 5.97 Å². The van der Waals surface area contributed by atoms with Gasteiger partial charge in [-0.15, -0.1) is 0 Å². The minimum absolute atomic E-state index is 0.0100. The number of carboxylic acid groups (broad SMARTS) is 1. The molecule has 1 aliphatic rings. The van der Waals surface area contributed by atoms with Crippen molar-refractivity contribution in [3.63, 3.8) is 0 Å². The van der Waals surface area contributed by atoms with E-state index in [1.807, 2.05) is 6.07 Å². The maximum Gasteiger partial charge on any atom is 0.337 e. The second-order valence-electron chi connectivity index (χ2n) is 6.25. The van der Waals surface area contributed by atoms with Crippen LogP contribution in [0.1, 0.15) is 62.1 Å². The van der Waals surface area contributed by atoms with Crippen LogP contribution in [0.2, 0.25) is 0 Å². The summed E-state index contributed by atoms with van der Waals surface area (Å²) < 4.78 is 2.23. The van der Waals surface area contributed by atoms with Gasteiger partial charge in [-0.3, -0.25) is 0 Å². The first-order valence-electron chi connectivity index (χ1n) is 7.81. The zero-order valence-corrected chi connectivity index (χ0v) is 12.7. The Hall–Kier alpha value is -1.84. The summed E-state index contributed by atoms with van der Waals surface area (Å²) in [4.78, 5) is 16.3. The van der Waals surface area contributed by atoms with Gasteiger partial charge in [0.25, 0.3) is 0 Å². The number of benzene rings is 1. The number of aromatic nitrogens is 2. The molecular weight excluding hydrogens is 264 g/mol. The number of aryl methyl sites for hydroxylation is 1. The van der Waals surface area contributed by atoms with Crippen LogP contribution in [-0.2, 0) is 12.0 Å². The predicted octanol–water partition coefficient (Wildman–Crippen LogP) is 3.98. The Morgan fingerprint density at radius 3 is 2.67 bits per heavy atom. The van der Waals surface area contributed by atoms with E-state index in [-0.39, 0.29) is 5.54 Å². The molecule has 0 amide bonds. The van der Waals surface area contributed by atoms with Crippen molar-refractivity contribution >= 4 is 17.0 Å². The third kappa shape index (κ3) is 2.23. The van der Waals surface area contributed by atoms with Crippen LogP contribution >= 0.6 is 0 Å². The van der Waals surface area contributed by atoms with Gasteiger partial charge in [0.1, 0.15) is 5.82 Å². The Kier molecular flexibility index (Phi) is 3.47. The van der Waals surface area contributed by atoms with E-state index in [1.54, 1.807) is 12.1 Å². The highest BCUT2D eigenvalue weighted by molar-refractivity contribution is 6.01. The number of rotatable bonds is 3. The van der Waals surface area contributed by atoms with Crippen LogP contribution in [0.5, 0.6) is 0 Å². The number of imidazole rings is 1. The van der Waals surface area contributed by atoms with E-state index in [2.05, 4.69) is 18.4 Å². The molecule has 1 N–H and O–H groups in total. The zero-order chi connectivity index (χ0) is 15.0. The molecule has 2 aromatic rings. The first-order chi connectivity index (χ1) is 10.1. The van der Waals surface area contributed by atoms with Crippen LogP contribution < -0.4 is 0 Å². The highest BCUT2D eigenvalue weighted by Gasteiger charge is 2.33. The Morgan fingerprint density at radius 2 is 2.05 bits per heavy atom. The summed E-state index contributed by atoms with van der Waals surface area (Å²) in [6.45, 7) is 4.34. The average molecular weight is 286 g/mol. The van der Waals surface area contributed by atoms with Crippen molar-refractivity contribution in [2.75, 3.05) is 0 Å². The van der Waals surface area contributed by atoms with Gasteiger partial charge in [0.05, 0.1) is 16.6 Å². The van der Waals surface area contributed by atoms with E-state index >= 15 is 0 Å². The van der Waals surface area contributed by atoms with Crippen molar-refractivity contribution in [1.82, 2.24) is 9.55 Å². The lowest BCUT2D eigenvalue weighted by Crippen LogP contribution is -2.34. The van der Waals surface area contributed by atoms with Gasteiger partial charge in [-0.1, -0.05) is 32.3 Å². The fraction of sp³-hybridized carbons (Fsp3) is 0.529. The fourth-order valence-corrected chi connectivity index (χ4v) is 3.70. The van der Waals surface area contributed by atoms with E-state index in [0.29, 0.717) is 5.56 Å². The Bertz CT molecular complexity index is 681. The number of hydrogen-bond donors (Lipinski definition) is 1. The number of para-hydroxylation sites is 1. The van der Waals surface area contributed by atoms with Crippen LogP contribution in [-0.4, -0.2) is 20.6 Å². The number of aromatic carboxylic acids is 1. The highest BCUT2D eigenvalue weighted by Crippen LogP contribution is 2.38. The predicted molar refractivity (Wildman–Crippen MR) is 82.8 cm³/mol. The molecule has 0 atom stereocenters. The molecule has 0 bridgehead atoms. The highest BCUT2D eigenvalue weighted by atomic mass is 16.4. The summed E-state index contributed by atoms with van der Waals surface area (Å²) in [5.74, 6) is 0.131. The van der Waals surface area contributed by atoms with Crippen molar-refractivity contribution < 1.29 is 9.90 Å². The minimum atomic E-state index is -0.871. The number of nitrogens with zero attached hydrogens (tertiary/aromatic N) is 2. The summed E-state index contributed by atoms with van der Waals surface area (Å²) in [6.07, 6.45) is 6.70. The molecule has 1 fully saturated rings. The van der Waals surface area contributed by atoms with Crippen LogP contribution in [0.15, 0.2) is 18.2 Å². The first-order valence-corrected chi connectivity index (χ1v) is 7.81. The molecule has 112 valence electrons. The van der Waals surface area contributed by atoms with Gasteiger partial charge in [-0.05, 0) is 31.9 Å². The zero-order valence-electron chi connectivity index (χ0n) is 12.7. The summed E-state index contributed by atoms with van der Waals surface area (Å²) in [7, 11) is 0. The summed E-state index contributed by atoms with van der Waals surface area (Å²) in [6, 6.07) is 5.39. The Morgan fingerprint density at radius 1 is 1.33 bits per heavy atom. The molecule has 1 aromatic carbocycles. The second-order valence-corrected chi connectivity index (χ2v) is 6.25. The standard InChI is InChI=1S/C17H22N2O2/c1-3-14-18-13-9-7-8-12(16(20)21)15(13)19(14)17(2)10-5-4-6-11-17/h7-9H,3-6,10-11H2,1-2H3,(H,20,21). The monoisotopic (exact) mass is 286 g/mol. The quantitative estimate of drug-likeness (QED) is 0.928. The van der Waals surface area contributed by atoms with E-state index < -0.39 is 5.97 Å². The molecule has 4 nitrogen and oxygen atoms in total. The molecule has 4 heteroatoms. The van der Waals surface area contributed by atoms with Crippen molar-refractivity contribution in [1.29, 1.82) is 0 Å². The van der Waals surface area contributed by atoms with Gasteiger partial charge < -0.3 is 9.67 Å². The largest absolute Gasteiger partial charge is 0.478 e. The van der Waals surface area contributed by atoms with Crippen molar-refractivity contribution in [2.24, 2.45) is 0 Å².